The topological polar surface area (TPSA) is 177 Å². The molecule has 2 saturated heterocycles. The molecular weight excluding hydrogens is 1110 g/mol. The fourth-order valence-electron chi connectivity index (χ4n) is 7.70. The molecule has 0 radical (unpaired) electrons. The molecular formula is C51H36Cl2F10N10O6. The van der Waals surface area contributed by atoms with Crippen molar-refractivity contribution in [3.63, 3.8) is 0 Å². The molecule has 0 unspecified atom stereocenters. The van der Waals surface area contributed by atoms with E-state index in [9.17, 15) is 44.7 Å². The molecule has 10 rings (SSSR count). The van der Waals surface area contributed by atoms with Crippen LogP contribution in [0.5, 0.6) is 23.0 Å². The van der Waals surface area contributed by atoms with E-state index in [1.165, 1.54) is 48.5 Å². The van der Waals surface area contributed by atoms with E-state index in [0.717, 1.165) is 18.2 Å². The van der Waals surface area contributed by atoms with Crippen LogP contribution in [0.1, 0.15) is 5.56 Å². The number of anilines is 6. The van der Waals surface area contributed by atoms with Gasteiger partial charge in [-0.25, -0.2) is 41.5 Å². The second kappa shape index (κ2) is 23.6. The molecule has 0 bridgehead atoms. The molecule has 2 aromatic heterocycles. The van der Waals surface area contributed by atoms with Crippen molar-refractivity contribution >= 4 is 91.7 Å². The number of nitrogens with one attached hydrogen (secondary N) is 4. The van der Waals surface area contributed by atoms with E-state index in [-0.39, 0.29) is 27.9 Å². The molecule has 79 heavy (non-hydrogen) atoms. The van der Waals surface area contributed by atoms with Crippen LogP contribution in [0.15, 0.2) is 97.3 Å². The van der Waals surface area contributed by atoms with Gasteiger partial charge in [0.05, 0.1) is 87.9 Å². The third-order valence-corrected chi connectivity index (χ3v) is 12.2. The van der Waals surface area contributed by atoms with Crippen LogP contribution in [-0.2, 0) is 15.7 Å². The first-order chi connectivity index (χ1) is 37.8. The van der Waals surface area contributed by atoms with Gasteiger partial charge in [-0.3, -0.25) is 9.97 Å². The number of aromatic nitrogens is 4. The number of alkyl halides is 3. The first kappa shape index (κ1) is 55.3. The van der Waals surface area contributed by atoms with Crippen molar-refractivity contribution in [3.05, 3.63) is 154 Å². The van der Waals surface area contributed by atoms with Crippen molar-refractivity contribution in [2.75, 3.05) is 83.7 Å². The highest BCUT2D eigenvalue weighted by Crippen LogP contribution is 2.39. The maximum atomic E-state index is 15.2. The molecule has 4 amide bonds. The first-order valence-corrected chi connectivity index (χ1v) is 23.9. The Bertz CT molecular complexity index is 3640. The molecule has 0 atom stereocenters. The lowest BCUT2D eigenvalue weighted by molar-refractivity contribution is -0.137. The Labute approximate surface area is 449 Å². The second-order valence-electron chi connectivity index (χ2n) is 16.9. The maximum absolute atomic E-state index is 15.2. The Balaban J connectivity index is 0.000000192. The van der Waals surface area contributed by atoms with Crippen LogP contribution in [0.2, 0.25) is 10.0 Å². The molecule has 0 saturated carbocycles. The third-order valence-electron chi connectivity index (χ3n) is 11.6. The van der Waals surface area contributed by atoms with Gasteiger partial charge in [0.25, 0.3) is 0 Å². The predicted octanol–water partition coefficient (Wildman–Crippen LogP) is 13.1. The number of benzene rings is 6. The van der Waals surface area contributed by atoms with Crippen LogP contribution in [0.25, 0.3) is 22.1 Å². The minimum absolute atomic E-state index is 0.00223. The van der Waals surface area contributed by atoms with Crippen molar-refractivity contribution < 1.29 is 72.4 Å². The van der Waals surface area contributed by atoms with Gasteiger partial charge in [0.1, 0.15) is 29.0 Å². The van der Waals surface area contributed by atoms with Crippen LogP contribution in [0, 0.1) is 40.7 Å². The second-order valence-corrected chi connectivity index (χ2v) is 17.7. The molecule has 0 aliphatic carbocycles. The number of nitrogens with zero attached hydrogens (tertiary/aromatic N) is 6. The predicted molar refractivity (Wildman–Crippen MR) is 271 cm³/mol. The summed E-state index contributed by atoms with van der Waals surface area (Å²) in [5.74, 6) is -11.1. The molecule has 4 N–H and O–H groups in total. The number of carbonyl (C=O) groups excluding carboxylic acids is 2. The van der Waals surface area contributed by atoms with E-state index in [1.807, 2.05) is 15.1 Å². The van der Waals surface area contributed by atoms with Gasteiger partial charge >= 0.3 is 18.2 Å². The lowest BCUT2D eigenvalue weighted by Gasteiger charge is -2.27. The number of ether oxygens (including phenoxy) is 4. The molecule has 2 fully saturated rings. The zero-order valence-corrected chi connectivity index (χ0v) is 41.6. The number of rotatable bonds is 10. The number of hydrogen-bond acceptors (Lipinski definition) is 12. The molecule has 4 heterocycles. The highest BCUT2D eigenvalue weighted by molar-refractivity contribution is 6.32. The van der Waals surface area contributed by atoms with E-state index in [2.05, 4.69) is 35.9 Å². The zero-order valence-electron chi connectivity index (χ0n) is 40.1. The molecule has 28 heteroatoms. The normalized spacial score (nSPS) is 13.6. The van der Waals surface area contributed by atoms with Gasteiger partial charge in [0, 0.05) is 61.8 Å². The molecule has 410 valence electrons. The largest absolute Gasteiger partial charge is 0.451 e. The summed E-state index contributed by atoms with van der Waals surface area (Å²) in [5.41, 5.74) is -1.11. The minimum Gasteiger partial charge on any atom is -0.451 e. The van der Waals surface area contributed by atoms with Crippen molar-refractivity contribution in [1.82, 2.24) is 19.9 Å². The summed E-state index contributed by atoms with van der Waals surface area (Å²) in [6.45, 7) is 4.61. The number of morpholine rings is 2. The highest BCUT2D eigenvalue weighted by atomic mass is 35.5. The average Bonchev–Trinajstić information content (AvgIpc) is 3.43. The van der Waals surface area contributed by atoms with Gasteiger partial charge < -0.3 is 50.0 Å². The SMILES string of the molecule is O=C(Nc1ccc(C(F)(F)F)c(Cl)c1)Nc1cc(F)c(F)c(Oc2ccc3ncc(N4CCOCC4)nc3c2)c1F.O=C(Nc1ccc(Cl)c(F)c1)Nc1cc(F)c(F)c(Oc2ccc3ncc(N4CCOCC4)nc3c2)c1F. The summed E-state index contributed by atoms with van der Waals surface area (Å²) >= 11 is 11.2. The lowest BCUT2D eigenvalue weighted by atomic mass is 10.2. The van der Waals surface area contributed by atoms with Crippen LogP contribution in [-0.4, -0.2) is 84.6 Å². The van der Waals surface area contributed by atoms with Crippen molar-refractivity contribution in [3.8, 4) is 23.0 Å². The highest BCUT2D eigenvalue weighted by Gasteiger charge is 2.33. The molecule has 8 aromatic rings. The molecule has 6 aromatic carbocycles. The smallest absolute Gasteiger partial charge is 0.417 e. The number of fused-ring (bicyclic) bond motifs is 2. The number of carbonyl (C=O) groups is 2. The summed E-state index contributed by atoms with van der Waals surface area (Å²) in [6.07, 6.45) is -1.52. The average molecular weight is 1150 g/mol. The Hall–Kier alpha value is -8.46. The number of halogens is 12. The minimum atomic E-state index is -4.72. The summed E-state index contributed by atoms with van der Waals surface area (Å²) in [6, 6.07) is 13.0. The van der Waals surface area contributed by atoms with Gasteiger partial charge in [-0.1, -0.05) is 23.2 Å². The molecule has 2 aliphatic heterocycles. The molecule has 2 aliphatic rings. The van der Waals surface area contributed by atoms with Crippen molar-refractivity contribution in [2.45, 2.75) is 6.18 Å². The van der Waals surface area contributed by atoms with Gasteiger partial charge in [0.2, 0.25) is 23.1 Å². The van der Waals surface area contributed by atoms with E-state index in [1.54, 1.807) is 12.4 Å². The van der Waals surface area contributed by atoms with Crippen LogP contribution < -0.4 is 40.5 Å². The summed E-state index contributed by atoms with van der Waals surface area (Å²) in [7, 11) is 0. The fraction of sp³-hybridized carbons (Fsp3) is 0.176. The van der Waals surface area contributed by atoms with E-state index >= 15 is 8.78 Å². The van der Waals surface area contributed by atoms with Crippen LogP contribution in [0.4, 0.5) is 87.9 Å². The van der Waals surface area contributed by atoms with E-state index < -0.39 is 92.4 Å². The number of amides is 4. The maximum Gasteiger partial charge on any atom is 0.417 e. The fourth-order valence-corrected chi connectivity index (χ4v) is 8.11. The van der Waals surface area contributed by atoms with Gasteiger partial charge in [-0.05, 0) is 60.7 Å². The van der Waals surface area contributed by atoms with Gasteiger partial charge in [-0.15, -0.1) is 0 Å². The van der Waals surface area contributed by atoms with E-state index in [4.69, 9.17) is 42.1 Å². The third kappa shape index (κ3) is 13.1. The zero-order chi connectivity index (χ0) is 56.1. The van der Waals surface area contributed by atoms with Gasteiger partial charge in [0.15, 0.2) is 23.3 Å². The summed E-state index contributed by atoms with van der Waals surface area (Å²) < 4.78 is 162. The Morgan fingerprint density at radius 3 is 1.38 bits per heavy atom. The summed E-state index contributed by atoms with van der Waals surface area (Å²) in [5, 5.41) is 7.56. The Kier molecular flexibility index (Phi) is 16.6. The van der Waals surface area contributed by atoms with Crippen LogP contribution >= 0.6 is 23.2 Å². The van der Waals surface area contributed by atoms with E-state index in [0.29, 0.717) is 105 Å². The Morgan fingerprint density at radius 1 is 0.506 bits per heavy atom. The molecule has 0 spiro atoms. The van der Waals surface area contributed by atoms with Gasteiger partial charge in [-0.2, -0.15) is 22.0 Å². The van der Waals surface area contributed by atoms with Crippen LogP contribution in [0.3, 0.4) is 0 Å². The Morgan fingerprint density at radius 2 is 0.949 bits per heavy atom. The monoisotopic (exact) mass is 1140 g/mol. The van der Waals surface area contributed by atoms with Crippen molar-refractivity contribution in [1.29, 1.82) is 0 Å². The lowest BCUT2D eigenvalue weighted by Crippen LogP contribution is -2.36. The molecule has 16 nitrogen and oxygen atoms in total. The number of hydrogen-bond donors (Lipinski definition) is 4. The standard InChI is InChI=1S/C26H18ClF6N5O3.C25H18ClF4N5O3/c27-16-9-13(1-3-15(16)26(31,32)33)35-25(39)37-20-11-17(28)22(29)24(23(20)30)41-14-2-4-18-19(10-14)36-21(12-34-18)38-5-7-40-8-6-38;26-15-3-1-13(9-16(15)27)32-25(36)34-20-11-17(28)22(29)24(23(20)30)38-14-2-4-18-19(10-14)33-21(12-31-18)35-5-7-37-8-6-35/h1-4,9-12H,5-8H2,(H2,35,37,39);1-4,9-12H,5-8H2,(H2,32,34,36). The number of urea groups is 2. The summed E-state index contributed by atoms with van der Waals surface area (Å²) in [4.78, 5) is 46.3. The first-order valence-electron chi connectivity index (χ1n) is 23.2. The quantitative estimate of drug-likeness (QED) is 0.0754. The van der Waals surface area contributed by atoms with Crippen molar-refractivity contribution in [2.24, 2.45) is 0 Å².